The highest BCUT2D eigenvalue weighted by Gasteiger charge is 2.24. The van der Waals surface area contributed by atoms with Crippen LogP contribution < -0.4 is 10.6 Å². The van der Waals surface area contributed by atoms with Crippen molar-refractivity contribution in [3.05, 3.63) is 57.2 Å². The summed E-state index contributed by atoms with van der Waals surface area (Å²) in [5, 5.41) is 3.03. The maximum absolute atomic E-state index is 12.2. The average molecular weight is 241 g/mol. The zero-order chi connectivity index (χ0) is 11.8. The average Bonchev–Trinajstić information content (AvgIpc) is 2.94. The molecule has 2 heterocycles. The molecule has 4 heteroatoms. The van der Waals surface area contributed by atoms with Gasteiger partial charge in [0.25, 0.3) is 5.91 Å². The number of carbonyl (C=O) groups excluding carboxylic acids is 2. The minimum atomic E-state index is -0.440. The van der Waals surface area contributed by atoms with E-state index in [1.807, 2.05) is 5.38 Å². The molecular weight excluding hydrogens is 234 g/mol. The molecule has 0 fully saturated rings. The van der Waals surface area contributed by atoms with Crippen molar-refractivity contribution in [1.82, 2.24) is 0 Å². The molecule has 1 aliphatic rings. The fraction of sp³-hybridized carbons (Fsp3) is 0. The number of amides is 1. The second kappa shape index (κ2) is 3.75. The molecule has 1 amide bonds. The molecule has 0 radical (unpaired) electrons. The number of benzene rings is 1. The summed E-state index contributed by atoms with van der Waals surface area (Å²) in [6.45, 7) is 0. The van der Waals surface area contributed by atoms with Gasteiger partial charge in [-0.15, -0.1) is 11.3 Å². The zero-order valence-corrected chi connectivity index (χ0v) is 9.53. The Morgan fingerprint density at radius 1 is 1.12 bits per heavy atom. The van der Waals surface area contributed by atoms with Gasteiger partial charge in [-0.2, -0.15) is 0 Å². The lowest BCUT2D eigenvalue weighted by atomic mass is 10.1. The van der Waals surface area contributed by atoms with E-state index in [1.54, 1.807) is 36.4 Å². The molecule has 0 N–H and O–H groups in total. The minimum Gasteiger partial charge on any atom is -0.287 e. The predicted molar refractivity (Wildman–Crippen MR) is 64.3 cm³/mol. The third kappa shape index (κ3) is 1.54. The van der Waals surface area contributed by atoms with Crippen molar-refractivity contribution in [3.8, 4) is 0 Å². The van der Waals surface area contributed by atoms with E-state index in [-0.39, 0.29) is 11.4 Å². The summed E-state index contributed by atoms with van der Waals surface area (Å²) in [4.78, 5) is 28.4. The van der Waals surface area contributed by atoms with Crippen molar-refractivity contribution in [3.63, 3.8) is 0 Å². The van der Waals surface area contributed by atoms with E-state index in [2.05, 4.69) is 4.99 Å². The first-order chi connectivity index (χ1) is 8.27. The summed E-state index contributed by atoms with van der Waals surface area (Å²) in [7, 11) is 0. The second-order valence-corrected chi connectivity index (χ2v) is 4.56. The third-order valence-electron chi connectivity index (χ3n) is 2.58. The standard InChI is InChI=1S/C13H7NO2S/c15-12(10-6-3-7-17-10)11-8-4-1-2-5-9(8)14-13(11)16/h1-7H. The van der Waals surface area contributed by atoms with Crippen LogP contribution in [0.3, 0.4) is 0 Å². The van der Waals surface area contributed by atoms with Crippen molar-refractivity contribution >= 4 is 28.6 Å². The number of nitrogens with zero attached hydrogens (tertiary/aromatic N) is 1. The van der Waals surface area contributed by atoms with Gasteiger partial charge in [0, 0.05) is 5.22 Å². The molecule has 3 nitrogen and oxygen atoms in total. The van der Waals surface area contributed by atoms with Crippen LogP contribution in [0.25, 0.3) is 5.57 Å². The molecule has 0 aliphatic carbocycles. The number of Topliss-reactive ketones (excluding diaryl/α,β-unsaturated/α-hetero) is 1. The van der Waals surface area contributed by atoms with Gasteiger partial charge in [-0.05, 0) is 17.5 Å². The Bertz CT molecular complexity index is 729. The van der Waals surface area contributed by atoms with Crippen LogP contribution in [0.4, 0.5) is 0 Å². The number of hydrogen-bond acceptors (Lipinski definition) is 3. The predicted octanol–water partition coefficient (Wildman–Crippen LogP) is 0.942. The fourth-order valence-electron chi connectivity index (χ4n) is 1.81. The lowest BCUT2D eigenvalue weighted by Crippen LogP contribution is -2.24. The number of hydrogen-bond donors (Lipinski definition) is 0. The maximum Gasteiger partial charge on any atom is 0.282 e. The van der Waals surface area contributed by atoms with E-state index in [0.717, 1.165) is 0 Å². The quantitative estimate of drug-likeness (QED) is 0.735. The minimum absolute atomic E-state index is 0.183. The van der Waals surface area contributed by atoms with Crippen LogP contribution in [0, 0.1) is 0 Å². The number of carbonyl (C=O) groups is 2. The van der Waals surface area contributed by atoms with Crippen LogP contribution in [0.15, 0.2) is 46.8 Å². The van der Waals surface area contributed by atoms with E-state index in [0.29, 0.717) is 15.5 Å². The Balaban J connectivity index is 2.27. The molecule has 3 rings (SSSR count). The first kappa shape index (κ1) is 10.1. The molecular formula is C13H7NO2S. The molecule has 17 heavy (non-hydrogen) atoms. The van der Waals surface area contributed by atoms with E-state index < -0.39 is 5.91 Å². The molecule has 0 atom stereocenters. The van der Waals surface area contributed by atoms with Crippen molar-refractivity contribution in [2.45, 2.75) is 0 Å². The van der Waals surface area contributed by atoms with Gasteiger partial charge in [-0.1, -0.05) is 24.3 Å². The number of thiophene rings is 1. The van der Waals surface area contributed by atoms with Crippen LogP contribution >= 0.6 is 11.3 Å². The lowest BCUT2D eigenvalue weighted by molar-refractivity contribution is -0.112. The smallest absolute Gasteiger partial charge is 0.282 e. The van der Waals surface area contributed by atoms with Crippen LogP contribution in [0.1, 0.15) is 9.67 Å². The van der Waals surface area contributed by atoms with E-state index >= 15 is 0 Å². The zero-order valence-electron chi connectivity index (χ0n) is 8.71. The number of rotatable bonds is 2. The Labute approximate surface area is 101 Å². The summed E-state index contributed by atoms with van der Waals surface area (Å²) >= 11 is 1.33. The van der Waals surface area contributed by atoms with E-state index in [9.17, 15) is 9.59 Å². The first-order valence-electron chi connectivity index (χ1n) is 5.08. The highest BCUT2D eigenvalue weighted by molar-refractivity contribution is 7.12. The highest BCUT2D eigenvalue weighted by Crippen LogP contribution is 2.16. The van der Waals surface area contributed by atoms with E-state index in [4.69, 9.17) is 0 Å². The summed E-state index contributed by atoms with van der Waals surface area (Å²) in [5.74, 6) is -0.677. The highest BCUT2D eigenvalue weighted by atomic mass is 32.1. The lowest BCUT2D eigenvalue weighted by Gasteiger charge is -1.95. The number of ketones is 1. The molecule has 0 saturated carbocycles. The van der Waals surface area contributed by atoms with Gasteiger partial charge in [-0.25, -0.2) is 4.99 Å². The van der Waals surface area contributed by atoms with Gasteiger partial charge in [0.05, 0.1) is 15.8 Å². The summed E-state index contributed by atoms with van der Waals surface area (Å²) < 4.78 is 0. The van der Waals surface area contributed by atoms with Gasteiger partial charge in [-0.3, -0.25) is 9.59 Å². The molecule has 0 spiro atoms. The molecule has 1 aliphatic heterocycles. The van der Waals surface area contributed by atoms with Gasteiger partial charge < -0.3 is 0 Å². The van der Waals surface area contributed by atoms with Crippen molar-refractivity contribution < 1.29 is 9.59 Å². The van der Waals surface area contributed by atoms with Crippen LogP contribution in [0.2, 0.25) is 0 Å². The van der Waals surface area contributed by atoms with Crippen LogP contribution in [0.5, 0.6) is 0 Å². The van der Waals surface area contributed by atoms with Crippen LogP contribution in [-0.2, 0) is 4.79 Å². The van der Waals surface area contributed by atoms with Gasteiger partial charge >= 0.3 is 0 Å². The summed E-state index contributed by atoms with van der Waals surface area (Å²) in [6.07, 6.45) is 0. The maximum atomic E-state index is 12.2. The Hall–Kier alpha value is -2.07. The largest absolute Gasteiger partial charge is 0.287 e. The normalized spacial score (nSPS) is 13.4. The second-order valence-electron chi connectivity index (χ2n) is 3.62. The molecule has 0 bridgehead atoms. The first-order valence-corrected chi connectivity index (χ1v) is 5.96. The fourth-order valence-corrected chi connectivity index (χ4v) is 2.48. The topological polar surface area (TPSA) is 46.5 Å². The van der Waals surface area contributed by atoms with Crippen molar-refractivity contribution in [2.75, 3.05) is 0 Å². The van der Waals surface area contributed by atoms with Gasteiger partial charge in [0.15, 0.2) is 0 Å². The summed E-state index contributed by atoms with van der Waals surface area (Å²) in [5.41, 5.74) is 0.183. The van der Waals surface area contributed by atoms with Crippen molar-refractivity contribution in [2.24, 2.45) is 4.99 Å². The Morgan fingerprint density at radius 3 is 2.71 bits per heavy atom. The molecule has 1 aromatic heterocycles. The molecule has 82 valence electrons. The summed E-state index contributed by atoms with van der Waals surface area (Å²) in [6, 6.07) is 10.6. The van der Waals surface area contributed by atoms with Crippen molar-refractivity contribution in [1.29, 1.82) is 0 Å². The Kier molecular flexibility index (Phi) is 2.23. The molecule has 0 saturated heterocycles. The van der Waals surface area contributed by atoms with Gasteiger partial charge in [0.2, 0.25) is 5.78 Å². The molecule has 1 aromatic carbocycles. The monoisotopic (exact) mass is 241 g/mol. The number of para-hydroxylation sites is 1. The van der Waals surface area contributed by atoms with Gasteiger partial charge in [0.1, 0.15) is 0 Å². The Morgan fingerprint density at radius 2 is 1.94 bits per heavy atom. The molecule has 2 aromatic rings. The van der Waals surface area contributed by atoms with Crippen LogP contribution in [-0.4, -0.2) is 11.7 Å². The molecule has 0 unspecified atom stereocenters. The SMILES string of the molecule is O=C1N=c2ccccc2=C1C(=O)c1cccs1. The number of fused-ring (bicyclic) bond motifs is 1. The van der Waals surface area contributed by atoms with E-state index in [1.165, 1.54) is 11.3 Å². The third-order valence-corrected chi connectivity index (χ3v) is 3.45.